The van der Waals surface area contributed by atoms with Gasteiger partial charge in [0.2, 0.25) is 0 Å². The van der Waals surface area contributed by atoms with E-state index in [1.165, 1.54) is 0 Å². The minimum Gasteiger partial charge on any atom is -0.349 e. The predicted molar refractivity (Wildman–Crippen MR) is 63.2 cm³/mol. The van der Waals surface area contributed by atoms with Crippen molar-refractivity contribution in [2.45, 2.75) is 31.7 Å². The lowest BCUT2D eigenvalue weighted by Gasteiger charge is -2.15. The summed E-state index contributed by atoms with van der Waals surface area (Å²) in [6.45, 7) is 3.58. The normalized spacial score (nSPS) is 14.2. The number of benzene rings is 1. The molecule has 0 spiro atoms. The summed E-state index contributed by atoms with van der Waals surface area (Å²) in [6.07, 6.45) is 0.579. The van der Waals surface area contributed by atoms with E-state index in [0.29, 0.717) is 12.5 Å². The van der Waals surface area contributed by atoms with Gasteiger partial charge < -0.3 is 5.32 Å². The van der Waals surface area contributed by atoms with E-state index in [1.54, 1.807) is 6.92 Å². The Morgan fingerprint density at radius 3 is 2.59 bits per heavy atom. The summed E-state index contributed by atoms with van der Waals surface area (Å²) in [5.74, 6) is -2.14. The van der Waals surface area contributed by atoms with Gasteiger partial charge in [0.25, 0.3) is 5.91 Å². The highest BCUT2D eigenvalue weighted by atomic mass is 35.5. The van der Waals surface area contributed by atoms with Gasteiger partial charge in [0.15, 0.2) is 0 Å². The van der Waals surface area contributed by atoms with Crippen LogP contribution >= 0.6 is 11.6 Å². The maximum Gasteiger partial charge on any atom is 0.254 e. The van der Waals surface area contributed by atoms with E-state index in [4.69, 9.17) is 11.6 Å². The molecule has 17 heavy (non-hydrogen) atoms. The number of halogens is 3. The lowest BCUT2D eigenvalue weighted by molar-refractivity contribution is 0.0934. The van der Waals surface area contributed by atoms with Crippen molar-refractivity contribution < 1.29 is 13.6 Å². The molecular weight excluding hydrogens is 248 g/mol. The molecular formula is C12H14ClF2NO. The second-order valence-electron chi connectivity index (χ2n) is 4.02. The predicted octanol–water partition coefficient (Wildman–Crippen LogP) is 3.10. The summed E-state index contributed by atoms with van der Waals surface area (Å²) in [4.78, 5) is 11.7. The van der Waals surface area contributed by atoms with Crippen molar-refractivity contribution in [1.29, 1.82) is 0 Å². The molecule has 2 atom stereocenters. The van der Waals surface area contributed by atoms with Gasteiger partial charge in [-0.2, -0.15) is 0 Å². The molecule has 0 aliphatic rings. The molecule has 0 aromatic heterocycles. The highest BCUT2D eigenvalue weighted by Crippen LogP contribution is 2.11. The monoisotopic (exact) mass is 261 g/mol. The van der Waals surface area contributed by atoms with Gasteiger partial charge in [-0.25, -0.2) is 8.78 Å². The third-order valence-electron chi connectivity index (χ3n) is 2.23. The molecule has 0 saturated heterocycles. The van der Waals surface area contributed by atoms with Crippen LogP contribution in [0.25, 0.3) is 0 Å². The number of alkyl halides is 1. The number of hydrogen-bond donors (Lipinski definition) is 1. The highest BCUT2D eigenvalue weighted by molar-refractivity contribution is 6.20. The van der Waals surface area contributed by atoms with Crippen molar-refractivity contribution in [3.63, 3.8) is 0 Å². The van der Waals surface area contributed by atoms with Crippen LogP contribution in [0.2, 0.25) is 0 Å². The van der Waals surface area contributed by atoms with Crippen LogP contribution in [-0.2, 0) is 0 Å². The maximum atomic E-state index is 13.3. The van der Waals surface area contributed by atoms with Crippen LogP contribution in [0.1, 0.15) is 30.6 Å². The number of hydrogen-bond acceptors (Lipinski definition) is 1. The first-order chi connectivity index (χ1) is 7.90. The molecule has 1 amide bonds. The third-order valence-corrected chi connectivity index (χ3v) is 2.41. The van der Waals surface area contributed by atoms with Gasteiger partial charge in [-0.3, -0.25) is 4.79 Å². The van der Waals surface area contributed by atoms with Gasteiger partial charge in [-0.1, -0.05) is 0 Å². The molecule has 0 bridgehead atoms. The fourth-order valence-corrected chi connectivity index (χ4v) is 1.79. The second kappa shape index (κ2) is 5.96. The van der Waals surface area contributed by atoms with Gasteiger partial charge in [-0.05, 0) is 32.4 Å². The third kappa shape index (κ3) is 4.30. The molecule has 1 rings (SSSR count). The standard InChI is InChI=1S/C12H14ClF2NO/c1-7(13)5-8(2)16-12(17)10-4-3-9(14)6-11(10)15/h3-4,6-8H,5H2,1-2H3,(H,16,17). The lowest BCUT2D eigenvalue weighted by atomic mass is 10.1. The summed E-state index contributed by atoms with van der Waals surface area (Å²) in [5.41, 5.74) is -0.166. The largest absolute Gasteiger partial charge is 0.349 e. The molecule has 0 aliphatic carbocycles. The lowest BCUT2D eigenvalue weighted by Crippen LogP contribution is -2.34. The van der Waals surface area contributed by atoms with E-state index in [9.17, 15) is 13.6 Å². The van der Waals surface area contributed by atoms with Crippen LogP contribution in [0.15, 0.2) is 18.2 Å². The Morgan fingerprint density at radius 2 is 2.06 bits per heavy atom. The van der Waals surface area contributed by atoms with E-state index in [1.807, 2.05) is 6.92 Å². The minimum absolute atomic E-state index is 0.0802. The molecule has 1 aromatic rings. The van der Waals surface area contributed by atoms with Crippen LogP contribution in [0.3, 0.4) is 0 Å². The van der Waals surface area contributed by atoms with Crippen molar-refractivity contribution in [2.24, 2.45) is 0 Å². The number of rotatable bonds is 4. The Balaban J connectivity index is 2.70. The molecule has 1 aromatic carbocycles. The van der Waals surface area contributed by atoms with E-state index >= 15 is 0 Å². The molecule has 2 nitrogen and oxygen atoms in total. The zero-order valence-corrected chi connectivity index (χ0v) is 10.4. The molecule has 2 unspecified atom stereocenters. The van der Waals surface area contributed by atoms with Crippen molar-refractivity contribution >= 4 is 17.5 Å². The SMILES string of the molecule is CC(Cl)CC(C)NC(=O)c1ccc(F)cc1F. The van der Waals surface area contributed by atoms with Gasteiger partial charge in [0.1, 0.15) is 11.6 Å². The molecule has 0 radical (unpaired) electrons. The first-order valence-electron chi connectivity index (χ1n) is 5.30. The maximum absolute atomic E-state index is 13.3. The zero-order chi connectivity index (χ0) is 13.0. The molecule has 94 valence electrons. The van der Waals surface area contributed by atoms with Gasteiger partial charge in [0.05, 0.1) is 5.56 Å². The fraction of sp³-hybridized carbons (Fsp3) is 0.417. The van der Waals surface area contributed by atoms with Crippen LogP contribution in [0, 0.1) is 11.6 Å². The van der Waals surface area contributed by atoms with Gasteiger partial charge in [0, 0.05) is 17.5 Å². The quantitative estimate of drug-likeness (QED) is 0.829. The summed E-state index contributed by atoms with van der Waals surface area (Å²) in [7, 11) is 0. The summed E-state index contributed by atoms with van der Waals surface area (Å²) >= 11 is 5.78. The molecule has 0 heterocycles. The Hall–Kier alpha value is -1.16. The number of amides is 1. The van der Waals surface area contributed by atoms with Crippen molar-refractivity contribution in [2.75, 3.05) is 0 Å². The Bertz CT molecular complexity index is 409. The molecule has 1 N–H and O–H groups in total. The van der Waals surface area contributed by atoms with E-state index < -0.39 is 17.5 Å². The van der Waals surface area contributed by atoms with Gasteiger partial charge >= 0.3 is 0 Å². The molecule has 0 saturated carbocycles. The minimum atomic E-state index is -0.867. The zero-order valence-electron chi connectivity index (χ0n) is 9.64. The average Bonchev–Trinajstić information content (AvgIpc) is 2.15. The van der Waals surface area contributed by atoms with Crippen molar-refractivity contribution in [1.82, 2.24) is 5.32 Å². The summed E-state index contributed by atoms with van der Waals surface area (Å²) < 4.78 is 25.9. The summed E-state index contributed by atoms with van der Waals surface area (Å²) in [5, 5.41) is 2.52. The topological polar surface area (TPSA) is 29.1 Å². The molecule has 0 aliphatic heterocycles. The number of carbonyl (C=O) groups is 1. The van der Waals surface area contributed by atoms with Crippen molar-refractivity contribution in [3.05, 3.63) is 35.4 Å². The molecule has 0 fully saturated rings. The van der Waals surface area contributed by atoms with E-state index in [-0.39, 0.29) is 17.0 Å². The van der Waals surface area contributed by atoms with Crippen LogP contribution < -0.4 is 5.32 Å². The van der Waals surface area contributed by atoms with E-state index in [2.05, 4.69) is 5.32 Å². The fourth-order valence-electron chi connectivity index (χ4n) is 1.52. The Kier molecular flexibility index (Phi) is 4.87. The molecule has 5 heteroatoms. The van der Waals surface area contributed by atoms with E-state index in [0.717, 1.165) is 12.1 Å². The average molecular weight is 262 g/mol. The first kappa shape index (κ1) is 13.9. The van der Waals surface area contributed by atoms with Crippen LogP contribution in [0.4, 0.5) is 8.78 Å². The first-order valence-corrected chi connectivity index (χ1v) is 5.73. The Labute approximate surface area is 104 Å². The van der Waals surface area contributed by atoms with Crippen LogP contribution in [0.5, 0.6) is 0 Å². The summed E-state index contributed by atoms with van der Waals surface area (Å²) in [6, 6.07) is 2.69. The van der Waals surface area contributed by atoms with Gasteiger partial charge in [-0.15, -0.1) is 11.6 Å². The van der Waals surface area contributed by atoms with Crippen molar-refractivity contribution in [3.8, 4) is 0 Å². The highest BCUT2D eigenvalue weighted by Gasteiger charge is 2.15. The Morgan fingerprint density at radius 1 is 1.41 bits per heavy atom. The number of carbonyl (C=O) groups excluding carboxylic acids is 1. The number of nitrogens with one attached hydrogen (secondary N) is 1. The van der Waals surface area contributed by atoms with Crippen LogP contribution in [-0.4, -0.2) is 17.3 Å². The second-order valence-corrected chi connectivity index (χ2v) is 4.76. The smallest absolute Gasteiger partial charge is 0.254 e.